The number of carbonyl (C=O) groups is 2. The Bertz CT molecular complexity index is 870. The summed E-state index contributed by atoms with van der Waals surface area (Å²) in [5, 5.41) is 14.5. The minimum Gasteiger partial charge on any atom is -0.475 e. The van der Waals surface area contributed by atoms with Crippen LogP contribution in [0.2, 0.25) is 0 Å². The van der Waals surface area contributed by atoms with Crippen LogP contribution in [-0.2, 0) is 27.4 Å². The number of carboxylic acids is 1. The summed E-state index contributed by atoms with van der Waals surface area (Å²) in [6, 6.07) is 2.34. The quantitative estimate of drug-likeness (QED) is 0.646. The molecule has 13 heteroatoms. The van der Waals surface area contributed by atoms with Gasteiger partial charge in [0.1, 0.15) is 6.61 Å². The molecule has 172 valence electrons. The Morgan fingerprint density at radius 3 is 2.71 bits per heavy atom. The summed E-state index contributed by atoms with van der Waals surface area (Å²) >= 11 is 1.71. The molecule has 9 nitrogen and oxygen atoms in total. The van der Waals surface area contributed by atoms with Gasteiger partial charge < -0.3 is 15.2 Å². The van der Waals surface area contributed by atoms with Crippen molar-refractivity contribution in [2.75, 3.05) is 26.8 Å². The van der Waals surface area contributed by atoms with Gasteiger partial charge in [0.15, 0.2) is 0 Å². The number of carbonyl (C=O) groups excluding carboxylic acids is 1. The number of ether oxygens (including phenoxy) is 1. The number of amides is 1. The van der Waals surface area contributed by atoms with Gasteiger partial charge in [-0.15, -0.1) is 11.3 Å². The lowest BCUT2D eigenvalue weighted by Gasteiger charge is -2.33. The topological polar surface area (TPSA) is 110 Å². The van der Waals surface area contributed by atoms with Crippen LogP contribution in [-0.4, -0.2) is 69.6 Å². The number of methoxy groups -OCH3 is 1. The first-order chi connectivity index (χ1) is 14.6. The summed E-state index contributed by atoms with van der Waals surface area (Å²) in [4.78, 5) is 28.5. The zero-order valence-corrected chi connectivity index (χ0v) is 17.9. The molecule has 1 aliphatic rings. The van der Waals surface area contributed by atoms with E-state index >= 15 is 0 Å². The summed E-state index contributed by atoms with van der Waals surface area (Å²) in [6.07, 6.45) is -2.38. The van der Waals surface area contributed by atoms with Gasteiger partial charge in [0.2, 0.25) is 5.91 Å². The Hall–Kier alpha value is -2.51. The van der Waals surface area contributed by atoms with Crippen molar-refractivity contribution in [3.8, 4) is 0 Å². The second-order valence-corrected chi connectivity index (χ2v) is 7.77. The highest BCUT2D eigenvalue weighted by molar-refractivity contribution is 7.09. The van der Waals surface area contributed by atoms with E-state index in [2.05, 4.69) is 38.0 Å². The molecule has 1 amide bonds. The van der Waals surface area contributed by atoms with E-state index in [-0.39, 0.29) is 18.6 Å². The highest BCUT2D eigenvalue weighted by atomic mass is 32.1. The molecule has 0 aromatic carbocycles. The van der Waals surface area contributed by atoms with Crippen LogP contribution in [0.15, 0.2) is 17.8 Å². The number of hydrogen-bond donors (Lipinski definition) is 2. The molecule has 2 N–H and O–H groups in total. The minimum atomic E-state index is -5.08. The zero-order valence-electron chi connectivity index (χ0n) is 17.1. The van der Waals surface area contributed by atoms with Crippen molar-refractivity contribution in [2.24, 2.45) is 0 Å². The van der Waals surface area contributed by atoms with Crippen LogP contribution in [0.25, 0.3) is 0 Å². The number of carboxylic acid groups (broad SMARTS) is 1. The number of thiazole rings is 1. The monoisotopic (exact) mass is 463 g/mol. The lowest BCUT2D eigenvalue weighted by atomic mass is 10.1. The van der Waals surface area contributed by atoms with Gasteiger partial charge in [0.05, 0.1) is 22.9 Å². The number of nitrogens with one attached hydrogen (secondary N) is 1. The van der Waals surface area contributed by atoms with E-state index in [0.29, 0.717) is 6.54 Å². The van der Waals surface area contributed by atoms with Crippen LogP contribution in [0.4, 0.5) is 13.2 Å². The standard InChI is InChI=1S/C16H23N5O2S.C2HF3O2/c1-12-15(24-11-18-12)9-20-7-13(3-5-17-16(22)10-23-2)21-14(8-20)4-6-19-21;3-2(4,5)1(6)7/h4,6,11,13H,3,5,7-10H2,1-2H3,(H,17,22);(H,6,7). The minimum absolute atomic E-state index is 0.0776. The number of fused-ring (bicyclic) bond motifs is 1. The average molecular weight is 463 g/mol. The normalized spacial score (nSPS) is 16.2. The number of aromatic nitrogens is 3. The van der Waals surface area contributed by atoms with Crippen molar-refractivity contribution >= 4 is 23.2 Å². The lowest BCUT2D eigenvalue weighted by molar-refractivity contribution is -0.192. The van der Waals surface area contributed by atoms with Crippen molar-refractivity contribution in [1.82, 2.24) is 25.0 Å². The van der Waals surface area contributed by atoms with Gasteiger partial charge in [-0.1, -0.05) is 0 Å². The number of halogens is 3. The maximum atomic E-state index is 11.5. The van der Waals surface area contributed by atoms with Gasteiger partial charge in [-0.2, -0.15) is 18.3 Å². The van der Waals surface area contributed by atoms with E-state index in [1.165, 1.54) is 17.7 Å². The number of aryl methyl sites for hydroxylation is 1. The SMILES string of the molecule is COCC(=O)NCCC1CN(Cc2scnc2C)Cc2ccnn21.O=C(O)C(F)(F)F. The first kappa shape index (κ1) is 24.8. The van der Waals surface area contributed by atoms with E-state index in [1.54, 1.807) is 11.3 Å². The van der Waals surface area contributed by atoms with E-state index in [4.69, 9.17) is 14.6 Å². The highest BCUT2D eigenvalue weighted by Gasteiger charge is 2.38. The third-order valence-corrected chi connectivity index (χ3v) is 5.40. The van der Waals surface area contributed by atoms with Crippen LogP contribution >= 0.6 is 11.3 Å². The Morgan fingerprint density at radius 2 is 2.13 bits per heavy atom. The molecular formula is C18H24F3N5O4S. The van der Waals surface area contributed by atoms with Gasteiger partial charge in [-0.3, -0.25) is 14.4 Å². The van der Waals surface area contributed by atoms with Crippen LogP contribution in [0.1, 0.15) is 28.7 Å². The van der Waals surface area contributed by atoms with Crippen molar-refractivity contribution in [3.05, 3.63) is 34.0 Å². The number of alkyl halides is 3. The highest BCUT2D eigenvalue weighted by Crippen LogP contribution is 2.25. The smallest absolute Gasteiger partial charge is 0.475 e. The fourth-order valence-electron chi connectivity index (χ4n) is 3.04. The van der Waals surface area contributed by atoms with Crippen molar-refractivity contribution < 1.29 is 32.6 Å². The van der Waals surface area contributed by atoms with E-state index in [0.717, 1.165) is 31.7 Å². The molecule has 1 atom stereocenters. The molecule has 0 saturated carbocycles. The van der Waals surface area contributed by atoms with Gasteiger partial charge in [0, 0.05) is 44.4 Å². The summed E-state index contributed by atoms with van der Waals surface area (Å²) in [6.45, 7) is 5.52. The zero-order chi connectivity index (χ0) is 23.0. The molecule has 0 bridgehead atoms. The molecule has 0 radical (unpaired) electrons. The second kappa shape index (κ2) is 11.2. The predicted molar refractivity (Wildman–Crippen MR) is 105 cm³/mol. The Kier molecular flexibility index (Phi) is 8.95. The second-order valence-electron chi connectivity index (χ2n) is 6.83. The predicted octanol–water partition coefficient (Wildman–Crippen LogP) is 1.99. The number of hydrogen-bond acceptors (Lipinski definition) is 7. The van der Waals surface area contributed by atoms with Crippen LogP contribution in [0.5, 0.6) is 0 Å². The fraction of sp³-hybridized carbons (Fsp3) is 0.556. The first-order valence-corrected chi connectivity index (χ1v) is 10.2. The van der Waals surface area contributed by atoms with Crippen LogP contribution < -0.4 is 5.32 Å². The molecule has 2 aromatic rings. The fourth-order valence-corrected chi connectivity index (χ4v) is 3.86. The molecule has 31 heavy (non-hydrogen) atoms. The third kappa shape index (κ3) is 7.60. The number of aliphatic carboxylic acids is 1. The summed E-state index contributed by atoms with van der Waals surface area (Å²) < 4.78 is 38.7. The van der Waals surface area contributed by atoms with Gasteiger partial charge in [0.25, 0.3) is 0 Å². The van der Waals surface area contributed by atoms with Crippen molar-refractivity contribution in [2.45, 2.75) is 38.7 Å². The maximum Gasteiger partial charge on any atom is 0.490 e. The molecule has 0 saturated heterocycles. The molecular weight excluding hydrogens is 439 g/mol. The molecule has 2 aromatic heterocycles. The molecule has 0 spiro atoms. The molecule has 3 rings (SSSR count). The number of rotatable bonds is 7. The van der Waals surface area contributed by atoms with Crippen LogP contribution in [0.3, 0.4) is 0 Å². The Balaban J connectivity index is 0.000000423. The van der Waals surface area contributed by atoms with Gasteiger partial charge >= 0.3 is 12.1 Å². The van der Waals surface area contributed by atoms with Gasteiger partial charge in [-0.05, 0) is 19.4 Å². The molecule has 3 heterocycles. The van der Waals surface area contributed by atoms with Crippen LogP contribution in [0, 0.1) is 6.92 Å². The lowest BCUT2D eigenvalue weighted by Crippen LogP contribution is -2.39. The summed E-state index contributed by atoms with van der Waals surface area (Å²) in [7, 11) is 1.52. The van der Waals surface area contributed by atoms with E-state index in [9.17, 15) is 18.0 Å². The molecule has 1 aliphatic heterocycles. The number of nitrogens with zero attached hydrogens (tertiary/aromatic N) is 4. The average Bonchev–Trinajstić information content (AvgIpc) is 3.31. The van der Waals surface area contributed by atoms with Crippen molar-refractivity contribution in [3.63, 3.8) is 0 Å². The first-order valence-electron chi connectivity index (χ1n) is 9.31. The Labute approximate surface area is 180 Å². The largest absolute Gasteiger partial charge is 0.490 e. The van der Waals surface area contributed by atoms with Gasteiger partial charge in [-0.25, -0.2) is 9.78 Å². The Morgan fingerprint density at radius 1 is 1.42 bits per heavy atom. The molecule has 0 aliphatic carbocycles. The summed E-state index contributed by atoms with van der Waals surface area (Å²) in [5.41, 5.74) is 4.24. The van der Waals surface area contributed by atoms with Crippen molar-refractivity contribution in [1.29, 1.82) is 0 Å². The van der Waals surface area contributed by atoms with E-state index < -0.39 is 12.1 Å². The third-order valence-electron chi connectivity index (χ3n) is 4.48. The maximum absolute atomic E-state index is 11.5. The molecule has 1 unspecified atom stereocenters. The summed E-state index contributed by atoms with van der Waals surface area (Å²) in [5.74, 6) is -2.83. The molecule has 0 fully saturated rings. The van der Waals surface area contributed by atoms with E-state index in [1.807, 2.05) is 11.7 Å².